The maximum atomic E-state index is 13.9. The van der Waals surface area contributed by atoms with Crippen LogP contribution in [0.4, 0.5) is 0 Å². The minimum absolute atomic E-state index is 0.0187. The zero-order chi connectivity index (χ0) is 24.1. The number of nitrogens with zero attached hydrogens (tertiary/aromatic N) is 3. The van der Waals surface area contributed by atoms with Gasteiger partial charge in [-0.1, -0.05) is 18.9 Å². The van der Waals surface area contributed by atoms with Crippen LogP contribution in [0.1, 0.15) is 75.3 Å². The Hall–Kier alpha value is -1.79. The van der Waals surface area contributed by atoms with E-state index >= 15 is 0 Å². The predicted molar refractivity (Wildman–Crippen MR) is 137 cm³/mol. The van der Waals surface area contributed by atoms with Crippen LogP contribution >= 0.6 is 0 Å². The van der Waals surface area contributed by atoms with Crippen molar-refractivity contribution in [3.05, 3.63) is 23.3 Å². The van der Waals surface area contributed by atoms with Gasteiger partial charge >= 0.3 is 0 Å². The van der Waals surface area contributed by atoms with E-state index in [9.17, 15) is 9.90 Å². The highest BCUT2D eigenvalue weighted by Crippen LogP contribution is 2.71. The lowest BCUT2D eigenvalue weighted by atomic mass is 9.42. The van der Waals surface area contributed by atoms with Crippen molar-refractivity contribution in [3.63, 3.8) is 0 Å². The van der Waals surface area contributed by atoms with Gasteiger partial charge in [-0.3, -0.25) is 14.6 Å². The lowest BCUT2D eigenvalue weighted by Crippen LogP contribution is -2.72. The van der Waals surface area contributed by atoms with Gasteiger partial charge in [0.05, 0.1) is 12.6 Å². The van der Waals surface area contributed by atoms with Crippen molar-refractivity contribution in [2.45, 2.75) is 94.2 Å². The van der Waals surface area contributed by atoms with Crippen LogP contribution in [0.3, 0.4) is 0 Å². The minimum Gasteiger partial charge on any atom is -0.504 e. The van der Waals surface area contributed by atoms with Gasteiger partial charge in [0.25, 0.3) is 0 Å². The number of likely N-dealkylation sites (tertiary alicyclic amines) is 2. The zero-order valence-electron chi connectivity index (χ0n) is 21.6. The molecule has 2 spiro atoms. The monoisotopic (exact) mass is 491 g/mol. The Bertz CT molecular complexity index is 1080. The fourth-order valence-corrected chi connectivity index (χ4v) is 9.87. The molecule has 4 saturated heterocycles. The Balaban J connectivity index is 1.19. The molecule has 9 rings (SSSR count). The second-order valence-electron chi connectivity index (χ2n) is 13.2. The van der Waals surface area contributed by atoms with Gasteiger partial charge in [0.1, 0.15) is 6.10 Å². The van der Waals surface area contributed by atoms with Crippen molar-refractivity contribution in [1.29, 1.82) is 0 Å². The molecule has 3 aliphatic carbocycles. The molecule has 36 heavy (non-hydrogen) atoms. The van der Waals surface area contributed by atoms with E-state index < -0.39 is 0 Å². The van der Waals surface area contributed by atoms with E-state index in [-0.39, 0.29) is 23.0 Å². The van der Waals surface area contributed by atoms with Crippen molar-refractivity contribution >= 4 is 5.91 Å². The summed E-state index contributed by atoms with van der Waals surface area (Å²) in [5.74, 6) is 2.25. The summed E-state index contributed by atoms with van der Waals surface area (Å²) in [4.78, 5) is 21.4. The first-order chi connectivity index (χ1) is 17.6. The molecule has 5 aliphatic heterocycles. The Labute approximate surface area is 214 Å². The first-order valence-corrected chi connectivity index (χ1v) is 14.9. The number of ether oxygens (including phenoxy) is 1. The van der Waals surface area contributed by atoms with Crippen molar-refractivity contribution in [1.82, 2.24) is 14.7 Å². The van der Waals surface area contributed by atoms with E-state index in [2.05, 4.69) is 20.8 Å². The third-order valence-electron chi connectivity index (χ3n) is 11.6. The van der Waals surface area contributed by atoms with Gasteiger partial charge in [-0.2, -0.15) is 0 Å². The van der Waals surface area contributed by atoms with Gasteiger partial charge in [0.15, 0.2) is 11.5 Å². The number of hydrogen-bond donors (Lipinski definition) is 1. The molecule has 1 amide bonds. The summed E-state index contributed by atoms with van der Waals surface area (Å²) in [6.45, 7) is 5.92. The van der Waals surface area contributed by atoms with Crippen LogP contribution in [-0.4, -0.2) is 83.2 Å². The number of phenolic OH excluding ortho intramolecular Hbond substituents is 1. The second kappa shape index (κ2) is 7.86. The van der Waals surface area contributed by atoms with E-state index in [0.29, 0.717) is 24.2 Å². The molecule has 5 heterocycles. The highest BCUT2D eigenvalue weighted by molar-refractivity contribution is 5.79. The molecule has 8 aliphatic rings. The molecule has 4 bridgehead atoms. The summed E-state index contributed by atoms with van der Waals surface area (Å²) in [7, 11) is 0. The second-order valence-corrected chi connectivity index (χ2v) is 13.2. The molecule has 0 aromatic heterocycles. The first kappa shape index (κ1) is 22.2. The van der Waals surface area contributed by atoms with Gasteiger partial charge in [0.2, 0.25) is 5.91 Å². The molecule has 0 radical (unpaired) electrons. The summed E-state index contributed by atoms with van der Waals surface area (Å²) in [5, 5.41) is 10.9. The van der Waals surface area contributed by atoms with E-state index in [0.717, 1.165) is 63.5 Å². The van der Waals surface area contributed by atoms with Gasteiger partial charge in [-0.25, -0.2) is 0 Å². The van der Waals surface area contributed by atoms with Crippen LogP contribution in [-0.2, 0) is 16.6 Å². The number of amides is 1. The van der Waals surface area contributed by atoms with Crippen molar-refractivity contribution in [3.8, 4) is 11.5 Å². The molecular weight excluding hydrogens is 450 g/mol. The summed E-state index contributed by atoms with van der Waals surface area (Å²) < 4.78 is 6.86. The topological polar surface area (TPSA) is 56.3 Å². The molecule has 0 unspecified atom stereocenters. The van der Waals surface area contributed by atoms with Crippen LogP contribution in [0.2, 0.25) is 0 Å². The quantitative estimate of drug-likeness (QED) is 0.696. The Morgan fingerprint density at radius 3 is 2.64 bits per heavy atom. The highest BCUT2D eigenvalue weighted by atomic mass is 16.5. The molecule has 5 atom stereocenters. The molecule has 6 fully saturated rings. The molecule has 1 aromatic carbocycles. The van der Waals surface area contributed by atoms with Gasteiger partial charge in [0, 0.05) is 35.5 Å². The molecule has 1 aromatic rings. The number of hydrogen-bond acceptors (Lipinski definition) is 5. The minimum atomic E-state index is -0.0556. The number of rotatable bonds is 4. The summed E-state index contributed by atoms with van der Waals surface area (Å²) in [6.07, 6.45) is 13.3. The van der Waals surface area contributed by atoms with E-state index in [4.69, 9.17) is 4.74 Å². The molecule has 2 saturated carbocycles. The lowest BCUT2D eigenvalue weighted by molar-refractivity contribution is -0.145. The van der Waals surface area contributed by atoms with Crippen LogP contribution in [0, 0.1) is 11.3 Å². The average Bonchev–Trinajstić information content (AvgIpc) is 3.69. The summed E-state index contributed by atoms with van der Waals surface area (Å²) in [5.41, 5.74) is 2.82. The summed E-state index contributed by atoms with van der Waals surface area (Å²) in [6, 6.07) is 4.69. The van der Waals surface area contributed by atoms with Crippen LogP contribution in [0.5, 0.6) is 11.5 Å². The predicted octanol–water partition coefficient (Wildman–Crippen LogP) is 3.69. The smallest absolute Gasteiger partial charge is 0.237 e. The third-order valence-corrected chi connectivity index (χ3v) is 11.6. The standard InChI is InChI=1S/C30H41N3O3/c34-23-8-7-21-17-24-29-10-9-22(33(16-11-29)25(35)19-31-13-3-1-2-4-14-31)28-30(29,26(21)27(23)36-28)12-15-32(24)18-20-5-6-20/h7-8,20,22,24,28,34H,1-6,9-19H2/t22-,24+,28+,29-,30+/m1/s1. The van der Waals surface area contributed by atoms with E-state index in [1.165, 1.54) is 62.6 Å². The van der Waals surface area contributed by atoms with Gasteiger partial charge < -0.3 is 14.7 Å². The molecular formula is C30H41N3O3. The third kappa shape index (κ3) is 2.89. The van der Waals surface area contributed by atoms with Gasteiger partial charge in [-0.05, 0) is 95.0 Å². The van der Waals surface area contributed by atoms with Crippen molar-refractivity contribution in [2.24, 2.45) is 11.3 Å². The lowest BCUT2D eigenvalue weighted by Gasteiger charge is -2.66. The zero-order valence-corrected chi connectivity index (χ0v) is 21.6. The van der Waals surface area contributed by atoms with Crippen molar-refractivity contribution in [2.75, 3.05) is 39.3 Å². The average molecular weight is 492 g/mol. The maximum absolute atomic E-state index is 13.9. The number of piperidine rings is 1. The Kier molecular flexibility index (Phi) is 4.85. The fourth-order valence-electron chi connectivity index (χ4n) is 9.87. The van der Waals surface area contributed by atoms with Crippen LogP contribution in [0.25, 0.3) is 0 Å². The summed E-state index contributed by atoms with van der Waals surface area (Å²) >= 11 is 0. The number of phenols is 1. The van der Waals surface area contributed by atoms with Crippen LogP contribution in [0.15, 0.2) is 12.1 Å². The Morgan fingerprint density at radius 2 is 1.83 bits per heavy atom. The fraction of sp³-hybridized carbons (Fsp3) is 0.767. The number of carbonyl (C=O) groups is 1. The Morgan fingerprint density at radius 1 is 1.00 bits per heavy atom. The van der Waals surface area contributed by atoms with E-state index in [1.807, 2.05) is 6.07 Å². The molecule has 1 N–H and O–H groups in total. The van der Waals surface area contributed by atoms with Gasteiger partial charge in [-0.15, -0.1) is 0 Å². The number of benzene rings is 1. The number of fused-ring (bicyclic) bond motifs is 3. The van der Waals surface area contributed by atoms with E-state index in [1.54, 1.807) is 0 Å². The molecule has 6 heteroatoms. The largest absolute Gasteiger partial charge is 0.504 e. The number of aromatic hydroxyl groups is 1. The molecule has 6 nitrogen and oxygen atoms in total. The van der Waals surface area contributed by atoms with Crippen molar-refractivity contribution < 1.29 is 14.6 Å². The highest BCUT2D eigenvalue weighted by Gasteiger charge is 2.74. The SMILES string of the molecule is O=C(CN1CCCCCC1)N1CC[C@@]23CC[C@@H]1[C@@H]1Oc4c(O)ccc5c4[C@@]12CCN(CC1CC1)[C@H]3C5. The normalized spacial score (nSPS) is 39.3. The van der Waals surface area contributed by atoms with Crippen LogP contribution < -0.4 is 4.74 Å². The molecule has 194 valence electrons. The first-order valence-electron chi connectivity index (χ1n) is 14.9. The maximum Gasteiger partial charge on any atom is 0.237 e. The number of carbonyl (C=O) groups excluding carboxylic acids is 1.